The molecule has 1 heterocycles. The van der Waals surface area contributed by atoms with Crippen LogP contribution in [0.3, 0.4) is 0 Å². The highest BCUT2D eigenvalue weighted by molar-refractivity contribution is 6.04. The van der Waals surface area contributed by atoms with Crippen molar-refractivity contribution in [3.8, 4) is 11.5 Å². The van der Waals surface area contributed by atoms with Crippen LogP contribution < -0.4 is 20.3 Å². The summed E-state index contributed by atoms with van der Waals surface area (Å²) < 4.78 is 10.9. The Kier molecular flexibility index (Phi) is 5.48. The van der Waals surface area contributed by atoms with Crippen LogP contribution in [0.5, 0.6) is 11.5 Å². The number of nitrogens with zero attached hydrogens (tertiary/aromatic N) is 1. The van der Waals surface area contributed by atoms with Gasteiger partial charge in [-0.05, 0) is 37.3 Å². The Labute approximate surface area is 150 Å². The third kappa shape index (κ3) is 4.00. The molecule has 0 radical (unpaired) electrons. The van der Waals surface area contributed by atoms with E-state index in [1.165, 1.54) is 0 Å². The van der Waals surface area contributed by atoms with Crippen molar-refractivity contribution < 1.29 is 14.3 Å². The summed E-state index contributed by atoms with van der Waals surface area (Å²) in [6, 6.07) is 14.1. The summed E-state index contributed by atoms with van der Waals surface area (Å²) in [5.41, 5.74) is -0.141. The van der Waals surface area contributed by atoms with Gasteiger partial charge in [0.15, 0.2) is 5.69 Å². The number of hydrogen-bond donors (Lipinski definition) is 2. The van der Waals surface area contributed by atoms with Crippen LogP contribution in [0.2, 0.25) is 0 Å². The molecule has 0 unspecified atom stereocenters. The minimum absolute atomic E-state index is 0.182. The van der Waals surface area contributed by atoms with Crippen molar-refractivity contribution >= 4 is 16.7 Å². The number of rotatable bonds is 7. The minimum Gasteiger partial charge on any atom is -0.494 e. The Balaban J connectivity index is 1.56. The van der Waals surface area contributed by atoms with Gasteiger partial charge in [0.2, 0.25) is 0 Å². The van der Waals surface area contributed by atoms with Gasteiger partial charge in [0, 0.05) is 5.39 Å². The summed E-state index contributed by atoms with van der Waals surface area (Å²) in [6.45, 7) is 3.15. The lowest BCUT2D eigenvalue weighted by Crippen LogP contribution is -2.30. The van der Waals surface area contributed by atoms with Crippen molar-refractivity contribution in [2.45, 2.75) is 6.92 Å². The molecule has 0 spiro atoms. The van der Waals surface area contributed by atoms with Crippen molar-refractivity contribution in [3.05, 3.63) is 64.6 Å². The van der Waals surface area contributed by atoms with Crippen LogP contribution in [0.15, 0.2) is 53.3 Å². The molecule has 26 heavy (non-hydrogen) atoms. The number of amides is 1. The molecule has 0 aliphatic heterocycles. The molecule has 0 atom stereocenters. The number of H-pyrrole nitrogens is 1. The van der Waals surface area contributed by atoms with Gasteiger partial charge in [-0.25, -0.2) is 5.10 Å². The molecule has 0 saturated heterocycles. The topological polar surface area (TPSA) is 93.3 Å². The van der Waals surface area contributed by atoms with E-state index >= 15 is 0 Å². The fourth-order valence-corrected chi connectivity index (χ4v) is 2.50. The molecule has 0 saturated carbocycles. The van der Waals surface area contributed by atoms with Crippen LogP contribution in [-0.2, 0) is 0 Å². The van der Waals surface area contributed by atoms with E-state index < -0.39 is 0 Å². The van der Waals surface area contributed by atoms with E-state index in [1.807, 2.05) is 31.2 Å². The number of ether oxygens (including phenoxy) is 2. The van der Waals surface area contributed by atoms with E-state index in [0.717, 1.165) is 5.75 Å². The van der Waals surface area contributed by atoms with E-state index in [4.69, 9.17) is 9.47 Å². The van der Waals surface area contributed by atoms with Crippen LogP contribution in [-0.4, -0.2) is 35.9 Å². The van der Waals surface area contributed by atoms with Gasteiger partial charge in [-0.1, -0.05) is 18.2 Å². The highest BCUT2D eigenvalue weighted by atomic mass is 16.5. The van der Waals surface area contributed by atoms with Crippen molar-refractivity contribution in [2.75, 3.05) is 19.8 Å². The molecule has 3 aromatic rings. The summed E-state index contributed by atoms with van der Waals surface area (Å²) >= 11 is 0. The first-order valence-corrected chi connectivity index (χ1v) is 8.30. The molecular weight excluding hydrogens is 334 g/mol. The Hall–Kier alpha value is -3.35. The number of hydrogen-bond acceptors (Lipinski definition) is 5. The summed E-state index contributed by atoms with van der Waals surface area (Å²) in [5, 5.41) is 9.90. The van der Waals surface area contributed by atoms with Gasteiger partial charge < -0.3 is 14.8 Å². The lowest BCUT2D eigenvalue weighted by atomic mass is 10.1. The maximum atomic E-state index is 12.3. The van der Waals surface area contributed by atoms with E-state index in [9.17, 15) is 9.59 Å². The number of aromatic nitrogens is 2. The molecule has 0 aliphatic carbocycles. The fourth-order valence-electron chi connectivity index (χ4n) is 2.50. The van der Waals surface area contributed by atoms with E-state index in [1.54, 1.807) is 24.3 Å². The molecule has 7 nitrogen and oxygen atoms in total. The molecule has 7 heteroatoms. The predicted octanol–water partition coefficient (Wildman–Crippen LogP) is 2.13. The van der Waals surface area contributed by atoms with Crippen LogP contribution in [0.1, 0.15) is 17.4 Å². The molecule has 0 aliphatic rings. The average molecular weight is 353 g/mol. The number of benzene rings is 2. The predicted molar refractivity (Wildman–Crippen MR) is 97.8 cm³/mol. The van der Waals surface area contributed by atoms with Gasteiger partial charge >= 0.3 is 0 Å². The first kappa shape index (κ1) is 17.5. The average Bonchev–Trinajstić information content (AvgIpc) is 2.67. The van der Waals surface area contributed by atoms with Crippen molar-refractivity contribution in [1.29, 1.82) is 0 Å². The van der Waals surface area contributed by atoms with Crippen molar-refractivity contribution in [3.63, 3.8) is 0 Å². The maximum absolute atomic E-state index is 12.3. The lowest BCUT2D eigenvalue weighted by molar-refractivity contribution is 0.0943. The zero-order valence-corrected chi connectivity index (χ0v) is 14.3. The Morgan fingerprint density at radius 3 is 2.38 bits per heavy atom. The third-order valence-electron chi connectivity index (χ3n) is 3.70. The smallest absolute Gasteiger partial charge is 0.272 e. The van der Waals surface area contributed by atoms with Gasteiger partial charge in [0.1, 0.15) is 18.1 Å². The monoisotopic (exact) mass is 353 g/mol. The van der Waals surface area contributed by atoms with E-state index in [0.29, 0.717) is 36.3 Å². The molecule has 1 amide bonds. The van der Waals surface area contributed by atoms with Crippen LogP contribution >= 0.6 is 0 Å². The van der Waals surface area contributed by atoms with Gasteiger partial charge in [-0.2, -0.15) is 5.10 Å². The number of fused-ring (bicyclic) bond motifs is 1. The van der Waals surface area contributed by atoms with Gasteiger partial charge in [-0.3, -0.25) is 9.59 Å². The quantitative estimate of drug-likeness (QED) is 0.635. The van der Waals surface area contributed by atoms with Gasteiger partial charge in [0.05, 0.1) is 18.5 Å². The Morgan fingerprint density at radius 2 is 1.69 bits per heavy atom. The first-order chi connectivity index (χ1) is 12.7. The first-order valence-electron chi connectivity index (χ1n) is 8.30. The van der Waals surface area contributed by atoms with Crippen LogP contribution in [0, 0.1) is 0 Å². The zero-order chi connectivity index (χ0) is 18.4. The molecule has 134 valence electrons. The summed E-state index contributed by atoms with van der Waals surface area (Å²) in [5.74, 6) is 1.10. The van der Waals surface area contributed by atoms with Gasteiger partial charge in [-0.15, -0.1) is 0 Å². The molecule has 2 N–H and O–H groups in total. The van der Waals surface area contributed by atoms with E-state index in [-0.39, 0.29) is 17.2 Å². The number of nitrogens with one attached hydrogen (secondary N) is 2. The number of carbonyl (C=O) groups is 1. The van der Waals surface area contributed by atoms with Gasteiger partial charge in [0.25, 0.3) is 11.5 Å². The second-order valence-electron chi connectivity index (χ2n) is 5.46. The third-order valence-corrected chi connectivity index (χ3v) is 3.70. The molecule has 1 aromatic heterocycles. The van der Waals surface area contributed by atoms with E-state index in [2.05, 4.69) is 15.5 Å². The van der Waals surface area contributed by atoms with Crippen LogP contribution in [0.4, 0.5) is 0 Å². The fraction of sp³-hybridized carbons (Fsp3) is 0.211. The van der Waals surface area contributed by atoms with Crippen molar-refractivity contribution in [1.82, 2.24) is 15.5 Å². The number of aromatic amines is 1. The second-order valence-corrected chi connectivity index (χ2v) is 5.46. The zero-order valence-electron chi connectivity index (χ0n) is 14.3. The highest BCUT2D eigenvalue weighted by Crippen LogP contribution is 2.17. The molecule has 3 rings (SSSR count). The molecule has 2 aromatic carbocycles. The summed E-state index contributed by atoms with van der Waals surface area (Å²) in [7, 11) is 0. The molecule has 0 bridgehead atoms. The number of carbonyl (C=O) groups excluding carboxylic acids is 1. The second kappa shape index (κ2) is 8.15. The van der Waals surface area contributed by atoms with Crippen molar-refractivity contribution in [2.24, 2.45) is 0 Å². The Morgan fingerprint density at radius 1 is 1.04 bits per heavy atom. The highest BCUT2D eigenvalue weighted by Gasteiger charge is 2.13. The summed E-state index contributed by atoms with van der Waals surface area (Å²) in [6.07, 6.45) is 0. The molecular formula is C19H19N3O4. The Bertz CT molecular complexity index is 951. The summed E-state index contributed by atoms with van der Waals surface area (Å²) in [4.78, 5) is 24.1. The minimum atomic E-state index is -0.368. The standard InChI is InChI=1S/C19H19N3O4/c1-2-25-13-7-9-14(10-8-13)26-12-11-20-19(24)17-15-5-3-4-6-16(15)18(23)22-21-17/h3-10H,2,11-12H2,1H3,(H,20,24)(H,22,23). The molecule has 0 fully saturated rings. The SMILES string of the molecule is CCOc1ccc(OCCNC(=O)c2n[nH]c(=O)c3ccccc23)cc1. The normalized spacial score (nSPS) is 10.5. The lowest BCUT2D eigenvalue weighted by Gasteiger charge is -2.09. The maximum Gasteiger partial charge on any atom is 0.272 e. The largest absolute Gasteiger partial charge is 0.494 e. The van der Waals surface area contributed by atoms with Crippen LogP contribution in [0.25, 0.3) is 10.8 Å².